The van der Waals surface area contributed by atoms with Crippen LogP contribution in [-0.4, -0.2) is 47.0 Å². The van der Waals surface area contributed by atoms with Crippen molar-refractivity contribution in [2.75, 3.05) is 11.9 Å². The van der Waals surface area contributed by atoms with Crippen LogP contribution in [0.4, 0.5) is 21.0 Å². The number of aryl methyl sites for hydroxylation is 2. The Kier molecular flexibility index (Phi) is 5.54. The maximum atomic E-state index is 13.6. The van der Waals surface area contributed by atoms with E-state index in [2.05, 4.69) is 20.4 Å². The maximum Gasteiger partial charge on any atom is 0.329 e. The molecule has 1 aliphatic heterocycles. The Morgan fingerprint density at radius 3 is 2.79 bits per heavy atom. The molecule has 1 unspecified atom stereocenters. The zero-order valence-corrected chi connectivity index (χ0v) is 19.2. The molecule has 1 atom stereocenters. The third-order valence-electron chi connectivity index (χ3n) is 5.87. The number of nitrogens with zero attached hydrogens (tertiary/aromatic N) is 6. The van der Waals surface area contributed by atoms with Crippen LogP contribution in [-0.2, 0) is 13.6 Å². The summed E-state index contributed by atoms with van der Waals surface area (Å²) in [6.07, 6.45) is 5.12. The Morgan fingerprint density at radius 2 is 2.12 bits per heavy atom. The molecule has 0 bridgehead atoms. The van der Waals surface area contributed by atoms with E-state index in [-0.39, 0.29) is 24.2 Å². The number of aliphatic hydroxyl groups excluding tert-OH is 1. The van der Waals surface area contributed by atoms with E-state index in [1.807, 2.05) is 26.1 Å². The Hall–Kier alpha value is -3.76. The molecular formula is C23H21ClFN7O2. The van der Waals surface area contributed by atoms with Gasteiger partial charge >= 0.3 is 6.03 Å². The van der Waals surface area contributed by atoms with E-state index in [1.54, 1.807) is 27.8 Å². The molecule has 2 N–H and O–H groups in total. The molecule has 1 amide bonds. The molecule has 0 saturated heterocycles. The zero-order valence-electron chi connectivity index (χ0n) is 18.4. The van der Waals surface area contributed by atoms with Crippen molar-refractivity contribution in [3.05, 3.63) is 76.6 Å². The molecule has 1 aromatic carbocycles. The molecular weight excluding hydrogens is 461 g/mol. The van der Waals surface area contributed by atoms with Gasteiger partial charge in [-0.1, -0.05) is 17.7 Å². The van der Waals surface area contributed by atoms with E-state index in [9.17, 15) is 14.3 Å². The number of amides is 1. The molecule has 0 saturated carbocycles. The van der Waals surface area contributed by atoms with Crippen molar-refractivity contribution < 1.29 is 14.3 Å². The summed E-state index contributed by atoms with van der Waals surface area (Å²) in [4.78, 5) is 23.7. The number of hydrogen-bond donors (Lipinski definition) is 2. The van der Waals surface area contributed by atoms with E-state index < -0.39 is 11.9 Å². The molecule has 0 aliphatic carbocycles. The second kappa shape index (κ2) is 8.54. The van der Waals surface area contributed by atoms with Crippen molar-refractivity contribution in [1.29, 1.82) is 0 Å². The van der Waals surface area contributed by atoms with Crippen molar-refractivity contribution in [3.63, 3.8) is 0 Å². The standard InChI is InChI=1S/C23H21ClFN7O2/c1-13-9-26-22(28-20-5-6-27-30(20)2)29-21(13)15-7-16-11-32(23(34)31(16)10-15)19(12-33)14-3-4-18(25)17(24)8-14/h3-10,19,33H,11-12H2,1-2H3,(H,26,28,29). The number of benzene rings is 1. The first kappa shape index (κ1) is 22.1. The first-order chi connectivity index (χ1) is 16.4. The van der Waals surface area contributed by atoms with Crippen molar-refractivity contribution in [1.82, 2.24) is 29.2 Å². The van der Waals surface area contributed by atoms with E-state index in [0.717, 1.165) is 22.6 Å². The highest BCUT2D eigenvalue weighted by Crippen LogP contribution is 2.33. The van der Waals surface area contributed by atoms with Gasteiger partial charge in [0.25, 0.3) is 0 Å². The van der Waals surface area contributed by atoms with Crippen molar-refractivity contribution in [2.24, 2.45) is 7.05 Å². The van der Waals surface area contributed by atoms with Gasteiger partial charge in [0.05, 0.1) is 36.1 Å². The van der Waals surface area contributed by atoms with Gasteiger partial charge in [-0.3, -0.25) is 9.25 Å². The summed E-state index contributed by atoms with van der Waals surface area (Å²) in [6, 6.07) is 6.96. The van der Waals surface area contributed by atoms with Gasteiger partial charge in [0.2, 0.25) is 5.95 Å². The Bertz CT molecular complexity index is 1400. The monoisotopic (exact) mass is 481 g/mol. The first-order valence-electron chi connectivity index (χ1n) is 10.5. The van der Waals surface area contributed by atoms with Crippen molar-refractivity contribution >= 4 is 29.4 Å². The highest BCUT2D eigenvalue weighted by atomic mass is 35.5. The van der Waals surface area contributed by atoms with Crippen LogP contribution in [0.5, 0.6) is 0 Å². The molecule has 0 fully saturated rings. The number of carbonyl (C=O) groups excluding carboxylic acids is 1. The molecule has 0 radical (unpaired) electrons. The molecule has 11 heteroatoms. The summed E-state index contributed by atoms with van der Waals surface area (Å²) in [5, 5.41) is 17.2. The number of halogens is 2. The smallest absolute Gasteiger partial charge is 0.329 e. The van der Waals surface area contributed by atoms with Gasteiger partial charge in [-0.25, -0.2) is 19.2 Å². The molecule has 0 spiro atoms. The molecule has 5 rings (SSSR count). The number of anilines is 2. The lowest BCUT2D eigenvalue weighted by Crippen LogP contribution is -2.32. The van der Waals surface area contributed by atoms with Gasteiger partial charge in [0.1, 0.15) is 11.6 Å². The predicted molar refractivity (Wildman–Crippen MR) is 124 cm³/mol. The maximum absolute atomic E-state index is 13.6. The van der Waals surface area contributed by atoms with Crippen LogP contribution in [0.3, 0.4) is 0 Å². The minimum Gasteiger partial charge on any atom is -0.394 e. The number of carbonyl (C=O) groups is 1. The largest absolute Gasteiger partial charge is 0.394 e. The summed E-state index contributed by atoms with van der Waals surface area (Å²) in [6.45, 7) is 1.86. The topological polar surface area (TPSA) is 101 Å². The third kappa shape index (κ3) is 3.80. The number of hydrogen-bond acceptors (Lipinski definition) is 6. The SMILES string of the molecule is Cc1cnc(Nc2ccnn2C)nc1-c1cc2n(c1)C(=O)N(C(CO)c1ccc(F)c(Cl)c1)C2. The minimum absolute atomic E-state index is 0.0562. The van der Waals surface area contributed by atoms with Gasteiger partial charge in [0, 0.05) is 36.8 Å². The number of fused-ring (bicyclic) bond motifs is 1. The van der Waals surface area contributed by atoms with Gasteiger partial charge in [0.15, 0.2) is 0 Å². The molecule has 9 nitrogen and oxygen atoms in total. The average Bonchev–Trinajstić information content (AvgIpc) is 3.50. The molecule has 1 aliphatic rings. The van der Waals surface area contributed by atoms with Crippen molar-refractivity contribution in [2.45, 2.75) is 19.5 Å². The fourth-order valence-corrected chi connectivity index (χ4v) is 4.26. The van der Waals surface area contributed by atoms with E-state index >= 15 is 0 Å². The molecule has 34 heavy (non-hydrogen) atoms. The van der Waals surface area contributed by atoms with Gasteiger partial charge in [-0.15, -0.1) is 0 Å². The number of rotatable bonds is 6. The van der Waals surface area contributed by atoms with E-state index in [1.165, 1.54) is 23.1 Å². The van der Waals surface area contributed by atoms with E-state index in [4.69, 9.17) is 11.6 Å². The summed E-state index contributed by atoms with van der Waals surface area (Å²) in [7, 11) is 1.81. The quantitative estimate of drug-likeness (QED) is 0.431. The van der Waals surface area contributed by atoms with Crippen LogP contribution in [0.2, 0.25) is 5.02 Å². The second-order valence-electron chi connectivity index (χ2n) is 8.06. The lowest BCUT2D eigenvalue weighted by molar-refractivity contribution is 0.141. The molecule has 4 aromatic rings. The summed E-state index contributed by atoms with van der Waals surface area (Å²) in [5.41, 5.74) is 3.65. The van der Waals surface area contributed by atoms with Crippen LogP contribution in [0.15, 0.2) is 48.9 Å². The summed E-state index contributed by atoms with van der Waals surface area (Å²) in [5.74, 6) is 0.608. The fourth-order valence-electron chi connectivity index (χ4n) is 4.07. The van der Waals surface area contributed by atoms with Crippen LogP contribution in [0.25, 0.3) is 11.3 Å². The van der Waals surface area contributed by atoms with Crippen LogP contribution in [0.1, 0.15) is 22.9 Å². The Morgan fingerprint density at radius 1 is 1.29 bits per heavy atom. The lowest BCUT2D eigenvalue weighted by atomic mass is 10.1. The zero-order chi connectivity index (χ0) is 24.0. The summed E-state index contributed by atoms with van der Waals surface area (Å²) < 4.78 is 16.8. The predicted octanol–water partition coefficient (Wildman–Crippen LogP) is 4.04. The summed E-state index contributed by atoms with van der Waals surface area (Å²) >= 11 is 5.91. The Labute approximate surface area is 199 Å². The second-order valence-corrected chi connectivity index (χ2v) is 8.47. The average molecular weight is 482 g/mol. The minimum atomic E-state index is -0.649. The van der Waals surface area contributed by atoms with E-state index in [0.29, 0.717) is 17.2 Å². The van der Waals surface area contributed by atoms with Gasteiger partial charge in [-0.2, -0.15) is 5.10 Å². The molecule has 174 valence electrons. The van der Waals surface area contributed by atoms with Crippen molar-refractivity contribution in [3.8, 4) is 11.3 Å². The highest BCUT2D eigenvalue weighted by molar-refractivity contribution is 6.30. The number of aliphatic hydroxyl groups is 1. The number of aromatic nitrogens is 5. The fraction of sp³-hybridized carbons (Fsp3) is 0.217. The van der Waals surface area contributed by atoms with Crippen LogP contribution < -0.4 is 5.32 Å². The Balaban J connectivity index is 1.42. The van der Waals surface area contributed by atoms with Gasteiger partial charge in [-0.05, 0) is 36.2 Å². The molecule has 4 heterocycles. The molecule has 3 aromatic heterocycles. The first-order valence-corrected chi connectivity index (χ1v) is 10.9. The third-order valence-corrected chi connectivity index (χ3v) is 6.16. The highest BCUT2D eigenvalue weighted by Gasteiger charge is 2.34. The lowest BCUT2D eigenvalue weighted by Gasteiger charge is -2.26. The normalized spacial score (nSPS) is 13.9. The van der Waals surface area contributed by atoms with Gasteiger partial charge < -0.3 is 15.3 Å². The van der Waals surface area contributed by atoms with Crippen LogP contribution >= 0.6 is 11.6 Å². The van der Waals surface area contributed by atoms with Crippen LogP contribution in [0, 0.1) is 12.7 Å². The number of nitrogens with one attached hydrogen (secondary N) is 1.